The zero-order valence-corrected chi connectivity index (χ0v) is 13.2. The van der Waals surface area contributed by atoms with Gasteiger partial charge in [0, 0.05) is 6.54 Å². The normalized spacial score (nSPS) is 22.5. The topological polar surface area (TPSA) is 67.4 Å². The summed E-state index contributed by atoms with van der Waals surface area (Å²) in [6.07, 6.45) is 2.86. The summed E-state index contributed by atoms with van der Waals surface area (Å²) in [6, 6.07) is 0. The molecule has 21 heavy (non-hydrogen) atoms. The first-order valence-corrected chi connectivity index (χ1v) is 7.65. The molecule has 122 valence electrons. The molecule has 2 atom stereocenters. The number of nitrogens with one attached hydrogen (secondary N) is 2. The lowest BCUT2D eigenvalue weighted by Gasteiger charge is -2.25. The Bertz CT molecular complexity index is 355. The van der Waals surface area contributed by atoms with Crippen LogP contribution in [-0.2, 0) is 9.53 Å². The van der Waals surface area contributed by atoms with Crippen LogP contribution in [0.5, 0.6) is 0 Å². The van der Waals surface area contributed by atoms with Crippen LogP contribution in [0.1, 0.15) is 52.9 Å². The van der Waals surface area contributed by atoms with Gasteiger partial charge in [-0.2, -0.15) is 0 Å². The van der Waals surface area contributed by atoms with Gasteiger partial charge in [-0.1, -0.05) is 12.8 Å². The molecule has 0 heterocycles. The Kier molecular flexibility index (Phi) is 6.92. The molecule has 0 aromatic heterocycles. The number of ether oxygens (including phenoxy) is 1. The quantitative estimate of drug-likeness (QED) is 0.820. The second-order valence-electron chi connectivity index (χ2n) is 6.55. The van der Waals surface area contributed by atoms with Crippen molar-refractivity contribution in [3.63, 3.8) is 0 Å². The molecule has 0 saturated heterocycles. The van der Waals surface area contributed by atoms with Crippen LogP contribution in [0.2, 0.25) is 0 Å². The number of rotatable bonds is 5. The van der Waals surface area contributed by atoms with Crippen LogP contribution in [0.25, 0.3) is 0 Å². The first-order chi connectivity index (χ1) is 9.78. The van der Waals surface area contributed by atoms with E-state index in [9.17, 15) is 14.0 Å². The number of alkyl carbamates (subject to hydrolysis) is 1. The predicted molar refractivity (Wildman–Crippen MR) is 78.7 cm³/mol. The first-order valence-electron chi connectivity index (χ1n) is 7.65. The van der Waals surface area contributed by atoms with Crippen molar-refractivity contribution in [1.29, 1.82) is 0 Å². The fourth-order valence-electron chi connectivity index (χ4n) is 2.41. The molecule has 0 aromatic rings. The Labute approximate surface area is 126 Å². The average Bonchev–Trinajstić information content (AvgIpc) is 2.37. The molecule has 1 aliphatic carbocycles. The maximum Gasteiger partial charge on any atom is 0.408 e. The fourth-order valence-corrected chi connectivity index (χ4v) is 2.41. The van der Waals surface area contributed by atoms with E-state index >= 15 is 0 Å². The molecule has 0 aromatic carbocycles. The zero-order valence-electron chi connectivity index (χ0n) is 13.2. The van der Waals surface area contributed by atoms with Crippen LogP contribution < -0.4 is 10.6 Å². The number of hydrogen-bond acceptors (Lipinski definition) is 3. The maximum absolute atomic E-state index is 13.6. The third-order valence-electron chi connectivity index (χ3n) is 3.45. The summed E-state index contributed by atoms with van der Waals surface area (Å²) < 4.78 is 18.6. The van der Waals surface area contributed by atoms with Gasteiger partial charge in [0.2, 0.25) is 5.91 Å². The van der Waals surface area contributed by atoms with Crippen molar-refractivity contribution in [3.05, 3.63) is 0 Å². The molecule has 2 amide bonds. The van der Waals surface area contributed by atoms with Crippen LogP contribution in [0, 0.1) is 5.92 Å². The minimum atomic E-state index is -0.740. The van der Waals surface area contributed by atoms with E-state index in [1.165, 1.54) is 0 Å². The molecule has 5 nitrogen and oxygen atoms in total. The Morgan fingerprint density at radius 3 is 2.48 bits per heavy atom. The van der Waals surface area contributed by atoms with E-state index in [4.69, 9.17) is 4.74 Å². The van der Waals surface area contributed by atoms with E-state index in [0.717, 1.165) is 19.3 Å². The van der Waals surface area contributed by atoms with Gasteiger partial charge in [-0.3, -0.25) is 4.79 Å². The number of alkyl halides is 1. The Morgan fingerprint density at radius 1 is 1.19 bits per heavy atom. The highest BCUT2D eigenvalue weighted by molar-refractivity contribution is 5.82. The monoisotopic (exact) mass is 302 g/mol. The number of hydrogen-bond donors (Lipinski definition) is 2. The van der Waals surface area contributed by atoms with Crippen molar-refractivity contribution in [1.82, 2.24) is 10.6 Å². The van der Waals surface area contributed by atoms with E-state index in [0.29, 0.717) is 19.4 Å². The van der Waals surface area contributed by atoms with Gasteiger partial charge in [0.15, 0.2) is 0 Å². The molecule has 0 spiro atoms. The van der Waals surface area contributed by atoms with E-state index in [1.807, 2.05) is 0 Å². The molecule has 0 aliphatic heterocycles. The highest BCUT2D eigenvalue weighted by Gasteiger charge is 2.24. The number of carbonyl (C=O) groups excluding carboxylic acids is 2. The van der Waals surface area contributed by atoms with Crippen molar-refractivity contribution in [3.8, 4) is 0 Å². The van der Waals surface area contributed by atoms with Crippen molar-refractivity contribution < 1.29 is 18.7 Å². The third kappa shape index (κ3) is 7.87. The molecule has 0 bridgehead atoms. The third-order valence-corrected chi connectivity index (χ3v) is 3.45. The van der Waals surface area contributed by atoms with E-state index in [1.54, 1.807) is 20.8 Å². The van der Waals surface area contributed by atoms with Gasteiger partial charge in [-0.25, -0.2) is 9.18 Å². The summed E-state index contributed by atoms with van der Waals surface area (Å²) in [5, 5.41) is 5.08. The Morgan fingerprint density at radius 2 is 1.86 bits per heavy atom. The highest BCUT2D eigenvalue weighted by Crippen LogP contribution is 2.28. The van der Waals surface area contributed by atoms with Crippen molar-refractivity contribution in [2.75, 3.05) is 13.1 Å². The minimum absolute atomic E-state index is 0.0536. The molecular formula is C15H27FN2O3. The second-order valence-corrected chi connectivity index (χ2v) is 6.55. The lowest BCUT2D eigenvalue weighted by Crippen LogP contribution is -2.40. The molecule has 2 unspecified atom stereocenters. The molecule has 2 N–H and O–H groups in total. The molecule has 1 fully saturated rings. The standard InChI is InChI=1S/C15H27FN2O3/c1-15(2,3)21-14(20)18-10-13(19)17-9-8-11-6-4-5-7-12(11)16/h11-12H,4-10H2,1-3H3,(H,17,19)(H,18,20). The number of carbonyl (C=O) groups is 2. The molecule has 1 saturated carbocycles. The van der Waals surface area contributed by atoms with Gasteiger partial charge in [-0.15, -0.1) is 0 Å². The molecule has 0 radical (unpaired) electrons. The van der Waals surface area contributed by atoms with Crippen LogP contribution in [-0.4, -0.2) is 36.9 Å². The number of amides is 2. The summed E-state index contributed by atoms with van der Waals surface area (Å²) in [7, 11) is 0. The van der Waals surface area contributed by atoms with Gasteiger partial charge >= 0.3 is 6.09 Å². The lowest BCUT2D eigenvalue weighted by molar-refractivity contribution is -0.120. The van der Waals surface area contributed by atoms with Crippen LogP contribution >= 0.6 is 0 Å². The lowest BCUT2D eigenvalue weighted by atomic mass is 9.85. The van der Waals surface area contributed by atoms with E-state index < -0.39 is 17.9 Å². The highest BCUT2D eigenvalue weighted by atomic mass is 19.1. The first kappa shape index (κ1) is 17.7. The van der Waals surface area contributed by atoms with Gasteiger partial charge in [0.25, 0.3) is 0 Å². The number of halogens is 1. The fraction of sp³-hybridized carbons (Fsp3) is 0.867. The smallest absolute Gasteiger partial charge is 0.408 e. The zero-order chi connectivity index (χ0) is 15.9. The summed E-state index contributed by atoms with van der Waals surface area (Å²) in [6.45, 7) is 5.58. The van der Waals surface area contributed by atoms with E-state index in [2.05, 4.69) is 10.6 Å². The molecule has 1 rings (SSSR count). The van der Waals surface area contributed by atoms with Gasteiger partial charge in [-0.05, 0) is 46.0 Å². The van der Waals surface area contributed by atoms with Gasteiger partial charge in [0.1, 0.15) is 11.8 Å². The molecule has 6 heteroatoms. The molecular weight excluding hydrogens is 275 g/mol. The summed E-state index contributed by atoms with van der Waals surface area (Å²) >= 11 is 0. The summed E-state index contributed by atoms with van der Waals surface area (Å²) in [5.74, 6) is -0.232. The van der Waals surface area contributed by atoms with Crippen molar-refractivity contribution in [2.45, 2.75) is 64.6 Å². The van der Waals surface area contributed by atoms with Gasteiger partial charge in [0.05, 0.1) is 6.54 Å². The largest absolute Gasteiger partial charge is 0.444 e. The summed E-state index contributed by atoms with van der Waals surface area (Å²) in [4.78, 5) is 22.9. The maximum atomic E-state index is 13.6. The minimum Gasteiger partial charge on any atom is -0.444 e. The van der Waals surface area contributed by atoms with E-state index in [-0.39, 0.29) is 18.4 Å². The van der Waals surface area contributed by atoms with Crippen LogP contribution in [0.15, 0.2) is 0 Å². The van der Waals surface area contributed by atoms with Gasteiger partial charge < -0.3 is 15.4 Å². The van der Waals surface area contributed by atoms with Crippen LogP contribution in [0.4, 0.5) is 9.18 Å². The Balaban J connectivity index is 2.12. The van der Waals surface area contributed by atoms with Crippen LogP contribution in [0.3, 0.4) is 0 Å². The van der Waals surface area contributed by atoms with Crippen molar-refractivity contribution >= 4 is 12.0 Å². The SMILES string of the molecule is CC(C)(C)OC(=O)NCC(=O)NCCC1CCCCC1F. The summed E-state index contributed by atoms with van der Waals surface area (Å²) in [5.41, 5.74) is -0.586. The van der Waals surface area contributed by atoms with Crippen molar-refractivity contribution in [2.24, 2.45) is 5.92 Å². The average molecular weight is 302 g/mol. The Hall–Kier alpha value is -1.33. The molecule has 1 aliphatic rings. The second kappa shape index (κ2) is 8.20. The predicted octanol–water partition coefficient (Wildman–Crippen LogP) is 2.55.